The molecule has 0 aliphatic rings. The number of hydrogen-bond donors (Lipinski definition) is 2. The maximum Gasteiger partial charge on any atom is 0.316 e. The molecule has 0 aliphatic carbocycles. The third kappa shape index (κ3) is 4.87. The number of alkyl halides is 2. The summed E-state index contributed by atoms with van der Waals surface area (Å²) < 4.78 is 43.6. The third-order valence-corrected chi connectivity index (χ3v) is 2.78. The van der Waals surface area contributed by atoms with Crippen LogP contribution in [0.25, 0.3) is 0 Å². The third-order valence-electron chi connectivity index (χ3n) is 2.78. The zero-order valence-electron chi connectivity index (χ0n) is 12.3. The van der Waals surface area contributed by atoms with Crippen LogP contribution in [0.2, 0.25) is 0 Å². The molecule has 1 aromatic carbocycles. The zero-order chi connectivity index (χ0) is 16.8. The first-order valence-corrected chi connectivity index (χ1v) is 6.66. The maximum atomic E-state index is 13.2. The van der Waals surface area contributed by atoms with Crippen LogP contribution in [0.4, 0.5) is 18.9 Å². The molecule has 23 heavy (non-hydrogen) atoms. The van der Waals surface area contributed by atoms with E-state index in [1.165, 1.54) is 12.3 Å². The molecular weight excluding hydrogens is 309 g/mol. The topological polar surface area (TPSA) is 73.1 Å². The van der Waals surface area contributed by atoms with Gasteiger partial charge in [0.15, 0.2) is 0 Å². The van der Waals surface area contributed by atoms with Gasteiger partial charge >= 0.3 is 6.01 Å². The lowest BCUT2D eigenvalue weighted by Gasteiger charge is -2.08. The number of halogens is 3. The summed E-state index contributed by atoms with van der Waals surface area (Å²) >= 11 is 0. The molecule has 0 unspecified atom stereocenters. The van der Waals surface area contributed by atoms with E-state index in [1.54, 1.807) is 12.4 Å². The minimum absolute atomic E-state index is 0.0129. The fourth-order valence-corrected chi connectivity index (χ4v) is 1.62. The smallest absolute Gasteiger partial charge is 0.316 e. The van der Waals surface area contributed by atoms with Crippen LogP contribution in [0.1, 0.15) is 17.6 Å². The number of nitrogens with one attached hydrogen (secondary N) is 1. The van der Waals surface area contributed by atoms with Crippen LogP contribution >= 0.6 is 0 Å². The standard InChI is InChI=1S/C15H15F3N4O/c1-9-5-21-15(22-6-9)23-8-10(19)7-20-11-2-3-13(16)12(4-11)14(17)18/h2-7,14,20H,8,19H2,1H3/b10-7-. The summed E-state index contributed by atoms with van der Waals surface area (Å²) in [6, 6.07) is 3.49. The number of nitrogens with zero attached hydrogens (tertiary/aromatic N) is 2. The Labute approximate surface area is 131 Å². The van der Waals surface area contributed by atoms with Gasteiger partial charge in [-0.1, -0.05) is 0 Å². The normalized spacial score (nSPS) is 11.6. The fraction of sp³-hybridized carbons (Fsp3) is 0.200. The van der Waals surface area contributed by atoms with Crippen LogP contribution < -0.4 is 15.8 Å². The van der Waals surface area contributed by atoms with Gasteiger partial charge in [0.2, 0.25) is 0 Å². The first-order chi connectivity index (χ1) is 11.0. The molecular formula is C15H15F3N4O. The lowest BCUT2D eigenvalue weighted by atomic mass is 10.2. The summed E-state index contributed by atoms with van der Waals surface area (Å²) in [6.45, 7) is 1.86. The van der Waals surface area contributed by atoms with Crippen LogP contribution in [-0.4, -0.2) is 16.6 Å². The SMILES string of the molecule is Cc1cnc(OC/C(N)=C/Nc2ccc(F)c(C(F)F)c2)nc1. The number of ether oxygens (including phenoxy) is 1. The Morgan fingerprint density at radius 3 is 2.70 bits per heavy atom. The molecule has 122 valence electrons. The van der Waals surface area contributed by atoms with Gasteiger partial charge in [-0.3, -0.25) is 0 Å². The first-order valence-electron chi connectivity index (χ1n) is 6.66. The Morgan fingerprint density at radius 2 is 2.04 bits per heavy atom. The second kappa shape index (κ2) is 7.48. The van der Waals surface area contributed by atoms with Crippen molar-refractivity contribution in [3.63, 3.8) is 0 Å². The molecule has 0 saturated carbocycles. The molecule has 3 N–H and O–H groups in total. The second-order valence-electron chi connectivity index (χ2n) is 4.73. The first kappa shape index (κ1) is 16.6. The van der Waals surface area contributed by atoms with E-state index >= 15 is 0 Å². The fourth-order valence-electron chi connectivity index (χ4n) is 1.62. The predicted octanol–water partition coefficient (Wildman–Crippen LogP) is 3.15. The van der Waals surface area contributed by atoms with Crippen LogP contribution in [0, 0.1) is 12.7 Å². The second-order valence-corrected chi connectivity index (χ2v) is 4.73. The Morgan fingerprint density at radius 1 is 1.35 bits per heavy atom. The molecule has 0 amide bonds. The highest BCUT2D eigenvalue weighted by Crippen LogP contribution is 2.25. The summed E-state index contributed by atoms with van der Waals surface area (Å²) in [5.74, 6) is -0.956. The average Bonchev–Trinajstić information content (AvgIpc) is 2.53. The minimum atomic E-state index is -2.89. The molecule has 0 radical (unpaired) electrons. The van der Waals surface area contributed by atoms with Gasteiger partial charge in [-0.15, -0.1) is 0 Å². The molecule has 0 fully saturated rings. The van der Waals surface area contributed by atoms with Crippen LogP contribution in [0.5, 0.6) is 6.01 Å². The van der Waals surface area contributed by atoms with Gasteiger partial charge in [-0.05, 0) is 30.7 Å². The van der Waals surface area contributed by atoms with Crippen LogP contribution in [-0.2, 0) is 0 Å². The van der Waals surface area contributed by atoms with Gasteiger partial charge < -0.3 is 15.8 Å². The number of hydrogen-bond acceptors (Lipinski definition) is 5. The molecule has 5 nitrogen and oxygen atoms in total. The number of aryl methyl sites for hydroxylation is 1. The molecule has 0 aliphatic heterocycles. The Kier molecular flexibility index (Phi) is 5.40. The van der Waals surface area contributed by atoms with Gasteiger partial charge in [0.25, 0.3) is 6.43 Å². The highest BCUT2D eigenvalue weighted by atomic mass is 19.3. The molecule has 8 heteroatoms. The van der Waals surface area contributed by atoms with E-state index in [4.69, 9.17) is 10.5 Å². The van der Waals surface area contributed by atoms with E-state index in [0.717, 1.165) is 17.7 Å². The summed E-state index contributed by atoms with van der Waals surface area (Å²) in [4.78, 5) is 7.90. The van der Waals surface area contributed by atoms with Crippen molar-refractivity contribution >= 4 is 5.69 Å². The lowest BCUT2D eigenvalue weighted by Crippen LogP contribution is -2.12. The Hall–Kier alpha value is -2.77. The van der Waals surface area contributed by atoms with Crippen molar-refractivity contribution in [1.29, 1.82) is 0 Å². The van der Waals surface area contributed by atoms with E-state index in [-0.39, 0.29) is 24.0 Å². The summed E-state index contributed by atoms with van der Waals surface area (Å²) in [5.41, 5.74) is 6.52. The quantitative estimate of drug-likeness (QED) is 0.854. The molecule has 0 bridgehead atoms. The number of anilines is 1. The highest BCUT2D eigenvalue weighted by Gasteiger charge is 2.13. The van der Waals surface area contributed by atoms with Crippen molar-refractivity contribution in [2.75, 3.05) is 11.9 Å². The molecule has 0 atom stereocenters. The lowest BCUT2D eigenvalue weighted by molar-refractivity contribution is 0.146. The van der Waals surface area contributed by atoms with Crippen molar-refractivity contribution < 1.29 is 17.9 Å². The minimum Gasteiger partial charge on any atom is -0.457 e. The predicted molar refractivity (Wildman–Crippen MR) is 79.5 cm³/mol. The van der Waals surface area contributed by atoms with Gasteiger partial charge in [0, 0.05) is 24.3 Å². The van der Waals surface area contributed by atoms with Crippen molar-refractivity contribution in [3.05, 3.63) is 59.4 Å². The van der Waals surface area contributed by atoms with Crippen LogP contribution in [0.3, 0.4) is 0 Å². The number of nitrogens with two attached hydrogens (primary N) is 1. The summed E-state index contributed by atoms with van der Waals surface area (Å²) in [6.07, 6.45) is 1.69. The number of aromatic nitrogens is 2. The largest absolute Gasteiger partial charge is 0.457 e. The molecule has 1 aromatic heterocycles. The number of rotatable bonds is 6. The molecule has 2 aromatic rings. The molecule has 2 rings (SSSR count). The van der Waals surface area contributed by atoms with E-state index in [0.29, 0.717) is 0 Å². The zero-order valence-corrected chi connectivity index (χ0v) is 12.3. The van der Waals surface area contributed by atoms with Crippen LogP contribution in [0.15, 0.2) is 42.5 Å². The van der Waals surface area contributed by atoms with Crippen molar-refractivity contribution in [3.8, 4) is 6.01 Å². The average molecular weight is 324 g/mol. The van der Waals surface area contributed by atoms with Crippen molar-refractivity contribution in [1.82, 2.24) is 9.97 Å². The van der Waals surface area contributed by atoms with E-state index in [1.807, 2.05) is 6.92 Å². The van der Waals surface area contributed by atoms with Gasteiger partial charge in [0.05, 0.1) is 11.3 Å². The highest BCUT2D eigenvalue weighted by molar-refractivity contribution is 5.49. The molecule has 0 spiro atoms. The monoisotopic (exact) mass is 324 g/mol. The van der Waals surface area contributed by atoms with Gasteiger partial charge in [-0.25, -0.2) is 23.1 Å². The summed E-state index contributed by atoms with van der Waals surface area (Å²) in [7, 11) is 0. The molecule has 1 heterocycles. The molecule has 0 saturated heterocycles. The van der Waals surface area contributed by atoms with E-state index in [2.05, 4.69) is 15.3 Å². The summed E-state index contributed by atoms with van der Waals surface area (Å²) in [5, 5.41) is 2.70. The van der Waals surface area contributed by atoms with E-state index in [9.17, 15) is 13.2 Å². The van der Waals surface area contributed by atoms with Crippen molar-refractivity contribution in [2.45, 2.75) is 13.3 Å². The van der Waals surface area contributed by atoms with Gasteiger partial charge in [0.1, 0.15) is 12.4 Å². The van der Waals surface area contributed by atoms with Crippen molar-refractivity contribution in [2.24, 2.45) is 5.73 Å². The Balaban J connectivity index is 1.94. The van der Waals surface area contributed by atoms with Gasteiger partial charge in [-0.2, -0.15) is 0 Å². The maximum absolute atomic E-state index is 13.2. The number of benzene rings is 1. The Bertz CT molecular complexity index is 690. The van der Waals surface area contributed by atoms with E-state index < -0.39 is 17.8 Å².